The summed E-state index contributed by atoms with van der Waals surface area (Å²) < 4.78 is 5.01. The van der Waals surface area contributed by atoms with Crippen LogP contribution in [0.3, 0.4) is 0 Å². The Morgan fingerprint density at radius 2 is 2.36 bits per heavy atom. The Hall–Kier alpha value is -1.46. The molecule has 0 atom stereocenters. The topological polar surface area (TPSA) is 33.0 Å². The molecule has 0 bridgehead atoms. The molecule has 0 radical (unpaired) electrons. The molecule has 1 aromatic rings. The van der Waals surface area contributed by atoms with Gasteiger partial charge in [-0.25, -0.2) is 0 Å². The van der Waals surface area contributed by atoms with Crippen molar-refractivity contribution >= 4 is 17.7 Å². The highest BCUT2D eigenvalue weighted by Gasteiger charge is 1.98. The van der Waals surface area contributed by atoms with Crippen molar-refractivity contribution in [3.8, 4) is 11.8 Å². The van der Waals surface area contributed by atoms with Gasteiger partial charge in [-0.2, -0.15) is 5.26 Å². The van der Waals surface area contributed by atoms with Crippen LogP contribution in [-0.4, -0.2) is 7.11 Å². The number of hydrogen-bond donors (Lipinski definition) is 0. The molecule has 0 heterocycles. The van der Waals surface area contributed by atoms with Gasteiger partial charge in [-0.15, -0.1) is 0 Å². The van der Waals surface area contributed by atoms with Crippen LogP contribution in [0.15, 0.2) is 24.3 Å². The van der Waals surface area contributed by atoms with Crippen LogP contribution in [0.4, 0.5) is 0 Å². The van der Waals surface area contributed by atoms with Gasteiger partial charge >= 0.3 is 0 Å². The predicted molar refractivity (Wildman–Crippen MR) is 57.3 cm³/mol. The fourth-order valence-corrected chi connectivity index (χ4v) is 1.24. The maximum Gasteiger partial charge on any atom is 0.120 e. The lowest BCUT2D eigenvalue weighted by atomic mass is 10.2. The Bertz CT molecular complexity index is 379. The zero-order chi connectivity index (χ0) is 10.4. The maximum absolute atomic E-state index is 8.34. The largest absolute Gasteiger partial charge is 0.497 e. The smallest absolute Gasteiger partial charge is 0.120 e. The second-order valence-electron chi connectivity index (χ2n) is 2.65. The Labute approximate surface area is 88.4 Å². The summed E-state index contributed by atoms with van der Waals surface area (Å²) >= 11 is 5.97. The molecule has 1 aromatic carbocycles. The van der Waals surface area contributed by atoms with Crippen molar-refractivity contribution in [1.82, 2.24) is 0 Å². The molecule has 0 aliphatic heterocycles. The summed E-state index contributed by atoms with van der Waals surface area (Å²) in [4.78, 5) is 0. The van der Waals surface area contributed by atoms with E-state index in [1.54, 1.807) is 19.3 Å². The van der Waals surface area contributed by atoms with Crippen LogP contribution >= 0.6 is 11.6 Å². The summed E-state index contributed by atoms with van der Waals surface area (Å²) in [6, 6.07) is 7.46. The number of benzene rings is 1. The van der Waals surface area contributed by atoms with E-state index < -0.39 is 0 Å². The summed E-state index contributed by atoms with van der Waals surface area (Å²) in [5, 5.41) is 8.97. The summed E-state index contributed by atoms with van der Waals surface area (Å²) in [5.74, 6) is 0.729. The van der Waals surface area contributed by atoms with E-state index in [0.29, 0.717) is 11.4 Å². The molecule has 0 amide bonds. The SMILES string of the molecule is COc1ccc(C=CCC#N)c(Cl)c1. The number of rotatable bonds is 3. The Morgan fingerprint density at radius 3 is 2.93 bits per heavy atom. The van der Waals surface area contributed by atoms with Gasteiger partial charge in [0.05, 0.1) is 24.6 Å². The number of halogens is 1. The van der Waals surface area contributed by atoms with Gasteiger partial charge in [-0.05, 0) is 23.8 Å². The van der Waals surface area contributed by atoms with Gasteiger partial charge in [-0.3, -0.25) is 0 Å². The molecule has 2 nitrogen and oxygen atoms in total. The van der Waals surface area contributed by atoms with Crippen LogP contribution in [0, 0.1) is 11.3 Å². The van der Waals surface area contributed by atoms with E-state index in [-0.39, 0.29) is 0 Å². The van der Waals surface area contributed by atoms with E-state index in [1.807, 2.05) is 24.3 Å². The van der Waals surface area contributed by atoms with E-state index in [4.69, 9.17) is 21.6 Å². The lowest BCUT2D eigenvalue weighted by Crippen LogP contribution is -1.83. The third kappa shape index (κ3) is 2.79. The molecule has 0 fully saturated rings. The minimum atomic E-state index is 0.391. The zero-order valence-electron chi connectivity index (χ0n) is 7.83. The molecule has 0 aliphatic rings. The van der Waals surface area contributed by atoms with E-state index in [1.165, 1.54) is 0 Å². The van der Waals surface area contributed by atoms with Gasteiger partial charge in [0.1, 0.15) is 5.75 Å². The average molecular weight is 208 g/mol. The van der Waals surface area contributed by atoms with E-state index in [2.05, 4.69) is 0 Å². The van der Waals surface area contributed by atoms with Crippen LogP contribution in [0.2, 0.25) is 5.02 Å². The van der Waals surface area contributed by atoms with Crippen molar-refractivity contribution in [1.29, 1.82) is 5.26 Å². The second kappa shape index (κ2) is 5.31. The fraction of sp³-hybridized carbons (Fsp3) is 0.182. The molecule has 14 heavy (non-hydrogen) atoms. The van der Waals surface area contributed by atoms with Crippen LogP contribution in [0.1, 0.15) is 12.0 Å². The molecule has 0 N–H and O–H groups in total. The fourth-order valence-electron chi connectivity index (χ4n) is 1.01. The average Bonchev–Trinajstić information content (AvgIpc) is 2.20. The van der Waals surface area contributed by atoms with Crippen LogP contribution in [-0.2, 0) is 0 Å². The van der Waals surface area contributed by atoms with Crippen molar-refractivity contribution in [3.05, 3.63) is 34.9 Å². The van der Waals surface area contributed by atoms with Crippen LogP contribution in [0.5, 0.6) is 5.75 Å². The highest BCUT2D eigenvalue weighted by atomic mass is 35.5. The molecule has 72 valence electrons. The van der Waals surface area contributed by atoms with Crippen molar-refractivity contribution in [3.63, 3.8) is 0 Å². The minimum absolute atomic E-state index is 0.391. The number of allylic oxidation sites excluding steroid dienone is 1. The first kappa shape index (κ1) is 10.6. The number of hydrogen-bond acceptors (Lipinski definition) is 2. The van der Waals surface area contributed by atoms with Gasteiger partial charge in [0.25, 0.3) is 0 Å². The van der Waals surface area contributed by atoms with Crippen molar-refractivity contribution in [2.45, 2.75) is 6.42 Å². The number of nitriles is 1. The van der Waals surface area contributed by atoms with Gasteiger partial charge < -0.3 is 4.74 Å². The first-order chi connectivity index (χ1) is 6.77. The Kier molecular flexibility index (Phi) is 4.03. The normalized spacial score (nSPS) is 10.1. The van der Waals surface area contributed by atoms with E-state index in [9.17, 15) is 0 Å². The lowest BCUT2D eigenvalue weighted by Gasteiger charge is -2.02. The predicted octanol–water partition coefficient (Wildman–Crippen LogP) is 3.28. The quantitative estimate of drug-likeness (QED) is 0.762. The van der Waals surface area contributed by atoms with Crippen LogP contribution < -0.4 is 4.74 Å². The van der Waals surface area contributed by atoms with Crippen molar-refractivity contribution in [2.75, 3.05) is 7.11 Å². The summed E-state index contributed by atoms with van der Waals surface area (Å²) in [6.07, 6.45) is 3.99. The molecule has 0 aliphatic carbocycles. The molecule has 0 unspecified atom stereocenters. The van der Waals surface area contributed by atoms with Gasteiger partial charge in [0.15, 0.2) is 0 Å². The standard InChI is InChI=1S/C11H10ClNO/c1-14-10-6-5-9(11(12)8-10)4-2-3-7-13/h2,4-6,8H,3H2,1H3. The lowest BCUT2D eigenvalue weighted by molar-refractivity contribution is 0.415. The van der Waals surface area contributed by atoms with Gasteiger partial charge in [0.2, 0.25) is 0 Å². The molecular formula is C11H10ClNO. The third-order valence-electron chi connectivity index (χ3n) is 1.71. The highest BCUT2D eigenvalue weighted by molar-refractivity contribution is 6.32. The second-order valence-corrected chi connectivity index (χ2v) is 3.06. The molecular weight excluding hydrogens is 198 g/mol. The molecule has 1 rings (SSSR count). The first-order valence-electron chi connectivity index (χ1n) is 4.15. The van der Waals surface area contributed by atoms with Gasteiger partial charge in [-0.1, -0.05) is 23.8 Å². The first-order valence-corrected chi connectivity index (χ1v) is 4.52. The van der Waals surface area contributed by atoms with E-state index >= 15 is 0 Å². The highest BCUT2D eigenvalue weighted by Crippen LogP contribution is 2.23. The number of ether oxygens (including phenoxy) is 1. The minimum Gasteiger partial charge on any atom is -0.497 e. The molecule has 0 spiro atoms. The molecule has 3 heteroatoms. The number of methoxy groups -OCH3 is 1. The summed E-state index contributed by atoms with van der Waals surface area (Å²) in [7, 11) is 1.59. The summed E-state index contributed by atoms with van der Waals surface area (Å²) in [6.45, 7) is 0. The van der Waals surface area contributed by atoms with Crippen molar-refractivity contribution < 1.29 is 4.74 Å². The Morgan fingerprint density at radius 1 is 1.57 bits per heavy atom. The number of nitrogens with zero attached hydrogens (tertiary/aromatic N) is 1. The zero-order valence-corrected chi connectivity index (χ0v) is 8.58. The monoisotopic (exact) mass is 207 g/mol. The maximum atomic E-state index is 8.34. The van der Waals surface area contributed by atoms with E-state index in [0.717, 1.165) is 11.3 Å². The van der Waals surface area contributed by atoms with Gasteiger partial charge in [0, 0.05) is 0 Å². The third-order valence-corrected chi connectivity index (χ3v) is 2.04. The molecule has 0 aromatic heterocycles. The van der Waals surface area contributed by atoms with Crippen molar-refractivity contribution in [2.24, 2.45) is 0 Å². The summed E-state index contributed by atoms with van der Waals surface area (Å²) in [5.41, 5.74) is 0.891. The molecule has 0 saturated heterocycles. The molecule has 0 saturated carbocycles. The van der Waals surface area contributed by atoms with Crippen LogP contribution in [0.25, 0.3) is 6.08 Å². The Balaban J connectivity index is 2.85.